The van der Waals surface area contributed by atoms with Gasteiger partial charge >= 0.3 is 5.97 Å². The second kappa shape index (κ2) is 4.64. The highest BCUT2D eigenvalue weighted by molar-refractivity contribution is 7.99. The van der Waals surface area contributed by atoms with E-state index in [0.717, 1.165) is 44.5 Å². The summed E-state index contributed by atoms with van der Waals surface area (Å²) in [4.78, 5) is 12.2. The minimum atomic E-state index is -0.502. The second-order valence-electron chi connectivity index (χ2n) is 7.45. The van der Waals surface area contributed by atoms with Gasteiger partial charge in [0.05, 0.1) is 11.0 Å². The number of aliphatic carboxylic acids is 1. The first-order chi connectivity index (χ1) is 9.65. The number of ether oxygens (including phenoxy) is 1. The van der Waals surface area contributed by atoms with E-state index in [4.69, 9.17) is 4.74 Å². The second-order valence-corrected chi connectivity index (χ2v) is 8.55. The van der Waals surface area contributed by atoms with Crippen LogP contribution >= 0.6 is 11.8 Å². The lowest BCUT2D eigenvalue weighted by Gasteiger charge is -2.47. The highest BCUT2D eigenvalue weighted by atomic mass is 32.2. The molecule has 4 fully saturated rings. The Bertz CT molecular complexity index is 418. The van der Waals surface area contributed by atoms with Crippen LogP contribution < -0.4 is 0 Å². The van der Waals surface area contributed by atoms with E-state index in [1.807, 2.05) is 11.8 Å². The standard InChI is InChI=1S/C16H24O3S/c17-14(18)16(8-11-1-2-12(16)7-11)13-3-5-19-15(9-13)4-6-20-10-15/h11-13H,1-10H2,(H,17,18). The molecular weight excluding hydrogens is 272 g/mol. The zero-order valence-electron chi connectivity index (χ0n) is 12.0. The van der Waals surface area contributed by atoms with E-state index in [2.05, 4.69) is 0 Å². The minimum Gasteiger partial charge on any atom is -0.481 e. The summed E-state index contributed by atoms with van der Waals surface area (Å²) in [6.07, 6.45) is 7.61. The van der Waals surface area contributed by atoms with Crippen LogP contribution in [0.5, 0.6) is 0 Å². The third kappa shape index (κ3) is 1.80. The van der Waals surface area contributed by atoms with Crippen molar-refractivity contribution in [2.45, 2.75) is 50.5 Å². The van der Waals surface area contributed by atoms with Gasteiger partial charge in [-0.25, -0.2) is 0 Å². The lowest BCUT2D eigenvalue weighted by molar-refractivity contribution is -0.167. The van der Waals surface area contributed by atoms with Crippen molar-refractivity contribution >= 4 is 17.7 Å². The van der Waals surface area contributed by atoms with Crippen molar-refractivity contribution in [3.63, 3.8) is 0 Å². The highest BCUT2D eigenvalue weighted by Crippen LogP contribution is 2.62. The molecule has 112 valence electrons. The zero-order valence-corrected chi connectivity index (χ0v) is 12.8. The Morgan fingerprint density at radius 2 is 2.10 bits per heavy atom. The van der Waals surface area contributed by atoms with Crippen molar-refractivity contribution in [1.29, 1.82) is 0 Å². The van der Waals surface area contributed by atoms with Crippen molar-refractivity contribution in [2.24, 2.45) is 23.2 Å². The molecule has 2 aliphatic carbocycles. The molecule has 4 rings (SSSR count). The molecule has 2 aliphatic heterocycles. The van der Waals surface area contributed by atoms with Crippen LogP contribution in [0.4, 0.5) is 0 Å². The third-order valence-corrected chi connectivity index (χ3v) is 7.81. The molecule has 5 atom stereocenters. The molecule has 1 N–H and O–H groups in total. The topological polar surface area (TPSA) is 46.5 Å². The van der Waals surface area contributed by atoms with Crippen molar-refractivity contribution < 1.29 is 14.6 Å². The largest absolute Gasteiger partial charge is 0.481 e. The number of fused-ring (bicyclic) bond motifs is 2. The van der Waals surface area contributed by atoms with Gasteiger partial charge in [0.25, 0.3) is 0 Å². The van der Waals surface area contributed by atoms with Crippen LogP contribution in [0.25, 0.3) is 0 Å². The molecule has 5 unspecified atom stereocenters. The van der Waals surface area contributed by atoms with Crippen LogP contribution in [0.2, 0.25) is 0 Å². The Morgan fingerprint density at radius 1 is 1.20 bits per heavy atom. The summed E-state index contributed by atoms with van der Waals surface area (Å²) in [6, 6.07) is 0. The lowest BCUT2D eigenvalue weighted by Crippen LogP contribution is -2.50. The third-order valence-electron chi connectivity index (χ3n) is 6.58. The molecule has 2 bridgehead atoms. The van der Waals surface area contributed by atoms with Crippen LogP contribution in [0.3, 0.4) is 0 Å². The number of hydrogen-bond acceptors (Lipinski definition) is 3. The molecule has 4 heteroatoms. The molecule has 0 amide bonds. The van der Waals surface area contributed by atoms with Crippen LogP contribution in [0, 0.1) is 23.2 Å². The first-order valence-electron chi connectivity index (χ1n) is 8.10. The summed E-state index contributed by atoms with van der Waals surface area (Å²) in [5.74, 6) is 3.23. The molecule has 0 aromatic heterocycles. The molecule has 2 saturated carbocycles. The monoisotopic (exact) mass is 296 g/mol. The van der Waals surface area contributed by atoms with Gasteiger partial charge in [-0.3, -0.25) is 4.79 Å². The van der Waals surface area contributed by atoms with E-state index in [1.54, 1.807) is 0 Å². The number of rotatable bonds is 2. The molecule has 1 spiro atoms. The van der Waals surface area contributed by atoms with E-state index >= 15 is 0 Å². The Morgan fingerprint density at radius 3 is 2.70 bits per heavy atom. The average molecular weight is 296 g/mol. The predicted molar refractivity (Wildman–Crippen MR) is 78.9 cm³/mol. The molecule has 4 aliphatic rings. The molecule has 2 heterocycles. The zero-order chi connectivity index (χ0) is 13.8. The molecule has 0 radical (unpaired) electrons. The maximum absolute atomic E-state index is 12.2. The molecule has 20 heavy (non-hydrogen) atoms. The maximum atomic E-state index is 12.2. The van der Waals surface area contributed by atoms with Crippen LogP contribution in [-0.2, 0) is 9.53 Å². The minimum absolute atomic E-state index is 0.0118. The summed E-state index contributed by atoms with van der Waals surface area (Å²) in [5.41, 5.74) is -0.398. The number of carbonyl (C=O) groups is 1. The van der Waals surface area contributed by atoms with Gasteiger partial charge in [-0.2, -0.15) is 11.8 Å². The van der Waals surface area contributed by atoms with Gasteiger partial charge in [0.2, 0.25) is 0 Å². The number of hydrogen-bond donors (Lipinski definition) is 1. The summed E-state index contributed by atoms with van der Waals surface area (Å²) in [7, 11) is 0. The number of carboxylic acid groups (broad SMARTS) is 1. The summed E-state index contributed by atoms with van der Waals surface area (Å²) in [5, 5.41) is 10.0. The van der Waals surface area contributed by atoms with Crippen LogP contribution in [0.15, 0.2) is 0 Å². The maximum Gasteiger partial charge on any atom is 0.310 e. The van der Waals surface area contributed by atoms with Crippen LogP contribution in [0.1, 0.15) is 44.9 Å². The van der Waals surface area contributed by atoms with E-state index in [9.17, 15) is 9.90 Å². The average Bonchev–Trinajstić information content (AvgIpc) is 3.14. The smallest absolute Gasteiger partial charge is 0.310 e. The predicted octanol–water partition coefficient (Wildman–Crippen LogP) is 3.18. The quantitative estimate of drug-likeness (QED) is 0.850. The molecule has 0 aromatic carbocycles. The fourth-order valence-corrected chi connectivity index (χ4v) is 7.02. The summed E-state index contributed by atoms with van der Waals surface area (Å²) in [6.45, 7) is 0.775. The molecule has 0 aromatic rings. The van der Waals surface area contributed by atoms with Crippen LogP contribution in [-0.4, -0.2) is 34.8 Å². The van der Waals surface area contributed by atoms with Gasteiger partial charge < -0.3 is 9.84 Å². The van der Waals surface area contributed by atoms with E-state index in [-0.39, 0.29) is 5.60 Å². The fraction of sp³-hybridized carbons (Fsp3) is 0.938. The number of thioether (sulfide) groups is 1. The van der Waals surface area contributed by atoms with Crippen molar-refractivity contribution in [3.05, 3.63) is 0 Å². The SMILES string of the molecule is O=C(O)C1(C2CCOC3(CCSC3)C2)CC2CCC1C2. The Balaban J connectivity index is 1.62. The summed E-state index contributed by atoms with van der Waals surface area (Å²) >= 11 is 1.97. The Hall–Kier alpha value is -0.220. The van der Waals surface area contributed by atoms with Gasteiger partial charge in [0.1, 0.15) is 0 Å². The summed E-state index contributed by atoms with van der Waals surface area (Å²) < 4.78 is 6.11. The molecule has 3 nitrogen and oxygen atoms in total. The van der Waals surface area contributed by atoms with Gasteiger partial charge in [0, 0.05) is 12.4 Å². The lowest BCUT2D eigenvalue weighted by atomic mass is 9.60. The Kier molecular flexibility index (Phi) is 3.12. The highest BCUT2D eigenvalue weighted by Gasteiger charge is 2.61. The van der Waals surface area contributed by atoms with Crippen molar-refractivity contribution in [3.8, 4) is 0 Å². The van der Waals surface area contributed by atoms with E-state index in [1.165, 1.54) is 18.6 Å². The van der Waals surface area contributed by atoms with E-state index < -0.39 is 11.4 Å². The van der Waals surface area contributed by atoms with Crippen molar-refractivity contribution in [1.82, 2.24) is 0 Å². The first-order valence-corrected chi connectivity index (χ1v) is 9.25. The fourth-order valence-electron chi connectivity index (χ4n) is 5.64. The Labute approximate surface area is 124 Å². The molecular formula is C16H24O3S. The first kappa shape index (κ1) is 13.4. The van der Waals surface area contributed by atoms with Gasteiger partial charge in [0.15, 0.2) is 0 Å². The van der Waals surface area contributed by atoms with E-state index in [0.29, 0.717) is 17.8 Å². The number of carboxylic acids is 1. The van der Waals surface area contributed by atoms with Gasteiger partial charge in [-0.1, -0.05) is 6.42 Å². The normalized spacial score (nSPS) is 50.9. The van der Waals surface area contributed by atoms with Gasteiger partial charge in [-0.05, 0) is 62.0 Å². The molecule has 2 saturated heterocycles. The van der Waals surface area contributed by atoms with Gasteiger partial charge in [-0.15, -0.1) is 0 Å². The van der Waals surface area contributed by atoms with Crippen molar-refractivity contribution in [2.75, 3.05) is 18.1 Å².